The Kier molecular flexibility index (Phi) is 6.30. The topological polar surface area (TPSA) is 160 Å². The third-order valence-corrected chi connectivity index (χ3v) is 9.03. The molecule has 4 unspecified atom stereocenters. The quantitative estimate of drug-likeness (QED) is 0.347. The predicted octanol–water partition coefficient (Wildman–Crippen LogP) is 2.73. The first-order chi connectivity index (χ1) is 19.0. The van der Waals surface area contributed by atoms with E-state index in [0.29, 0.717) is 12.3 Å². The molecule has 0 amide bonds. The molecule has 2 fully saturated rings. The van der Waals surface area contributed by atoms with Crippen molar-refractivity contribution in [2.45, 2.75) is 76.2 Å². The number of aromatic hydroxyl groups is 2. The van der Waals surface area contributed by atoms with Gasteiger partial charge in [-0.05, 0) is 44.6 Å². The number of phenolic OH excluding ortho intramolecular Hbond substituents is 2. The number of aliphatic hydroxyl groups excluding tert-OH is 1. The van der Waals surface area contributed by atoms with Crippen LogP contribution in [0.4, 0.5) is 0 Å². The number of Topliss-reactive ketones (excluding diaryl/α,β-unsaturated/α-hetero) is 1. The van der Waals surface area contributed by atoms with Crippen molar-refractivity contribution in [3.05, 3.63) is 51.6 Å². The molecular weight excluding hydrogens is 520 g/mol. The largest absolute Gasteiger partial charge is 0.507 e. The molecule has 1 heterocycles. The SMILES string of the molecule is COc1cccc2c1C(=O)c1c(O)c3c(c(O)c1C2=O)C[C@@](O)(C(C)=O)C[C@@H]3OC1CC(C2CC2)C(O)C(C)O1. The van der Waals surface area contributed by atoms with Gasteiger partial charge in [-0.15, -0.1) is 0 Å². The van der Waals surface area contributed by atoms with Crippen LogP contribution in [0.25, 0.3) is 0 Å². The molecule has 1 aliphatic heterocycles. The summed E-state index contributed by atoms with van der Waals surface area (Å²) in [6.07, 6.45) is -1.50. The number of ether oxygens (including phenoxy) is 3. The average molecular weight is 553 g/mol. The predicted molar refractivity (Wildman–Crippen MR) is 139 cm³/mol. The fraction of sp³-hybridized carbons (Fsp3) is 0.500. The van der Waals surface area contributed by atoms with Gasteiger partial charge in [0, 0.05) is 36.0 Å². The Bertz CT molecular complexity index is 1440. The van der Waals surface area contributed by atoms with Crippen molar-refractivity contribution in [3.63, 3.8) is 0 Å². The minimum absolute atomic E-state index is 0.00575. The second-order valence-corrected chi connectivity index (χ2v) is 11.5. The summed E-state index contributed by atoms with van der Waals surface area (Å²) in [6.45, 7) is 2.96. The van der Waals surface area contributed by atoms with Crippen LogP contribution in [0.3, 0.4) is 0 Å². The summed E-state index contributed by atoms with van der Waals surface area (Å²) >= 11 is 0. The van der Waals surface area contributed by atoms with E-state index >= 15 is 0 Å². The molecule has 6 atom stereocenters. The van der Waals surface area contributed by atoms with E-state index in [1.54, 1.807) is 13.0 Å². The highest BCUT2D eigenvalue weighted by Gasteiger charge is 2.50. The number of rotatable bonds is 5. The number of carbonyl (C=O) groups is 3. The number of fused-ring (bicyclic) bond motifs is 3. The lowest BCUT2D eigenvalue weighted by atomic mass is 9.72. The second kappa shape index (κ2) is 9.37. The lowest BCUT2D eigenvalue weighted by Crippen LogP contribution is -2.48. The molecule has 2 aromatic rings. The summed E-state index contributed by atoms with van der Waals surface area (Å²) in [6, 6.07) is 4.50. The first kappa shape index (κ1) is 26.9. The van der Waals surface area contributed by atoms with E-state index in [1.165, 1.54) is 26.2 Å². The molecule has 1 saturated carbocycles. The molecule has 212 valence electrons. The molecule has 40 heavy (non-hydrogen) atoms. The van der Waals surface area contributed by atoms with Gasteiger partial charge in [0.1, 0.15) is 22.8 Å². The van der Waals surface area contributed by atoms with Crippen molar-refractivity contribution < 1.29 is 49.0 Å². The average Bonchev–Trinajstić information content (AvgIpc) is 3.76. The third kappa shape index (κ3) is 3.96. The maximum Gasteiger partial charge on any atom is 0.202 e. The minimum Gasteiger partial charge on any atom is -0.507 e. The van der Waals surface area contributed by atoms with E-state index in [2.05, 4.69) is 0 Å². The summed E-state index contributed by atoms with van der Waals surface area (Å²) in [5, 5.41) is 45.0. The van der Waals surface area contributed by atoms with Crippen molar-refractivity contribution in [1.29, 1.82) is 0 Å². The van der Waals surface area contributed by atoms with E-state index in [0.717, 1.165) is 12.8 Å². The Labute approximate surface area is 230 Å². The van der Waals surface area contributed by atoms with Gasteiger partial charge in [0.15, 0.2) is 17.9 Å². The molecule has 10 heteroatoms. The first-order valence-electron chi connectivity index (χ1n) is 13.6. The number of aliphatic hydroxyl groups is 2. The smallest absolute Gasteiger partial charge is 0.202 e. The number of carbonyl (C=O) groups excluding carboxylic acids is 3. The molecule has 0 spiro atoms. The van der Waals surface area contributed by atoms with E-state index in [1.807, 2.05) is 0 Å². The lowest BCUT2D eigenvalue weighted by molar-refractivity contribution is -0.259. The third-order valence-electron chi connectivity index (χ3n) is 9.03. The normalized spacial score (nSPS) is 31.3. The highest BCUT2D eigenvalue weighted by molar-refractivity contribution is 6.31. The Morgan fingerprint density at radius 2 is 1.77 bits per heavy atom. The molecule has 1 saturated heterocycles. The zero-order chi connectivity index (χ0) is 28.7. The van der Waals surface area contributed by atoms with Crippen LogP contribution in [0.5, 0.6) is 17.2 Å². The minimum atomic E-state index is -1.96. The molecule has 4 N–H and O–H groups in total. The van der Waals surface area contributed by atoms with E-state index < -0.39 is 64.6 Å². The maximum absolute atomic E-state index is 13.7. The van der Waals surface area contributed by atoms with E-state index in [-0.39, 0.29) is 52.3 Å². The Hall–Kier alpha value is -3.31. The summed E-state index contributed by atoms with van der Waals surface area (Å²) < 4.78 is 17.5. The number of hydrogen-bond acceptors (Lipinski definition) is 10. The van der Waals surface area contributed by atoms with Gasteiger partial charge in [-0.3, -0.25) is 14.4 Å². The van der Waals surface area contributed by atoms with Crippen molar-refractivity contribution in [1.82, 2.24) is 0 Å². The number of ketones is 3. The van der Waals surface area contributed by atoms with E-state index in [4.69, 9.17) is 14.2 Å². The second-order valence-electron chi connectivity index (χ2n) is 11.5. The molecule has 0 radical (unpaired) electrons. The van der Waals surface area contributed by atoms with Crippen molar-refractivity contribution >= 4 is 17.3 Å². The molecule has 3 aliphatic carbocycles. The van der Waals surface area contributed by atoms with Crippen molar-refractivity contribution in [2.24, 2.45) is 11.8 Å². The van der Waals surface area contributed by atoms with Gasteiger partial charge in [0.25, 0.3) is 0 Å². The van der Waals surface area contributed by atoms with E-state index in [9.17, 15) is 34.8 Å². The van der Waals surface area contributed by atoms with Crippen LogP contribution in [0.2, 0.25) is 0 Å². The monoisotopic (exact) mass is 552 g/mol. The first-order valence-corrected chi connectivity index (χ1v) is 13.6. The summed E-state index contributed by atoms with van der Waals surface area (Å²) in [5.41, 5.74) is -2.79. The van der Waals surface area contributed by atoms with Gasteiger partial charge in [0.05, 0.1) is 42.1 Å². The Balaban J connectivity index is 1.48. The zero-order valence-electron chi connectivity index (χ0n) is 22.5. The number of phenols is 2. The lowest BCUT2D eigenvalue weighted by Gasteiger charge is -2.43. The van der Waals surface area contributed by atoms with Crippen LogP contribution in [-0.4, -0.2) is 69.0 Å². The van der Waals surface area contributed by atoms with Crippen molar-refractivity contribution in [2.75, 3.05) is 7.11 Å². The zero-order valence-corrected chi connectivity index (χ0v) is 22.5. The number of methoxy groups -OCH3 is 1. The maximum atomic E-state index is 13.7. The number of hydrogen-bond donors (Lipinski definition) is 4. The van der Waals surface area contributed by atoms with Gasteiger partial charge in [-0.25, -0.2) is 0 Å². The Morgan fingerprint density at radius 1 is 1.07 bits per heavy atom. The summed E-state index contributed by atoms with van der Waals surface area (Å²) in [4.78, 5) is 39.9. The van der Waals surface area contributed by atoms with Gasteiger partial charge in [0.2, 0.25) is 5.78 Å². The van der Waals surface area contributed by atoms with Crippen LogP contribution in [0, 0.1) is 11.8 Å². The van der Waals surface area contributed by atoms with Gasteiger partial charge < -0.3 is 34.6 Å². The van der Waals surface area contributed by atoms with Gasteiger partial charge in [-0.1, -0.05) is 12.1 Å². The molecule has 0 bridgehead atoms. The molecule has 10 nitrogen and oxygen atoms in total. The Morgan fingerprint density at radius 3 is 2.42 bits per heavy atom. The van der Waals surface area contributed by atoms with Gasteiger partial charge >= 0.3 is 0 Å². The van der Waals surface area contributed by atoms with Crippen LogP contribution < -0.4 is 4.74 Å². The molecule has 0 aromatic heterocycles. The van der Waals surface area contributed by atoms with Crippen LogP contribution in [0.15, 0.2) is 18.2 Å². The molecular formula is C30H32O10. The molecule has 2 aromatic carbocycles. The standard InChI is InChI=1S/C30H32O10/c1-12-25(32)16(14-7-8-14)9-20(39-12)40-19-11-30(37,13(2)31)10-17-22(19)29(36)24-23(27(17)34)26(33)15-5-4-6-18(38-3)21(15)28(24)35/h4-6,12,14,16,19-20,25,32,34,36-37H,7-11H2,1-3H3/t12?,16?,19-,20?,25?,30-/m0/s1. The fourth-order valence-corrected chi connectivity index (χ4v) is 6.65. The summed E-state index contributed by atoms with van der Waals surface area (Å²) in [5.74, 6) is -2.69. The van der Waals surface area contributed by atoms with Crippen LogP contribution >= 0.6 is 0 Å². The van der Waals surface area contributed by atoms with Gasteiger partial charge in [-0.2, -0.15) is 0 Å². The molecule has 4 aliphatic rings. The fourth-order valence-electron chi connectivity index (χ4n) is 6.65. The highest BCUT2D eigenvalue weighted by atomic mass is 16.7. The number of benzene rings is 2. The summed E-state index contributed by atoms with van der Waals surface area (Å²) in [7, 11) is 1.36. The highest BCUT2D eigenvalue weighted by Crippen LogP contribution is 2.53. The van der Waals surface area contributed by atoms with Crippen LogP contribution in [0.1, 0.15) is 88.6 Å². The van der Waals surface area contributed by atoms with Crippen LogP contribution in [-0.2, 0) is 20.7 Å². The van der Waals surface area contributed by atoms with Crippen molar-refractivity contribution in [3.8, 4) is 17.2 Å². The molecule has 6 rings (SSSR count).